The van der Waals surface area contributed by atoms with Gasteiger partial charge in [-0.2, -0.15) is 4.39 Å². The van der Waals surface area contributed by atoms with Crippen LogP contribution in [0.15, 0.2) is 24.5 Å². The van der Waals surface area contributed by atoms with Gasteiger partial charge in [0.05, 0.1) is 17.3 Å². The van der Waals surface area contributed by atoms with Crippen molar-refractivity contribution in [2.75, 3.05) is 31.6 Å². The minimum absolute atomic E-state index is 0.0840. The van der Waals surface area contributed by atoms with E-state index in [1.807, 2.05) is 0 Å². The van der Waals surface area contributed by atoms with Crippen molar-refractivity contribution in [1.29, 1.82) is 0 Å². The number of nitrogens with zero attached hydrogens (tertiary/aromatic N) is 3. The van der Waals surface area contributed by atoms with Crippen molar-refractivity contribution in [3.8, 4) is 11.6 Å². The Labute approximate surface area is 187 Å². The molecule has 4 heterocycles. The van der Waals surface area contributed by atoms with Crippen LogP contribution in [0.2, 0.25) is 0 Å². The summed E-state index contributed by atoms with van der Waals surface area (Å²) in [6.07, 6.45) is 3.31. The monoisotopic (exact) mass is 461 g/mol. The molecule has 8 nitrogen and oxygen atoms in total. The Morgan fingerprint density at radius 3 is 2.85 bits per heavy atom. The fourth-order valence-electron chi connectivity index (χ4n) is 3.83. The van der Waals surface area contributed by atoms with Crippen LogP contribution in [0.3, 0.4) is 0 Å². The van der Waals surface area contributed by atoms with E-state index in [2.05, 4.69) is 25.6 Å². The van der Waals surface area contributed by atoms with Gasteiger partial charge in [-0.3, -0.25) is 0 Å². The van der Waals surface area contributed by atoms with Gasteiger partial charge in [0.1, 0.15) is 24.6 Å². The lowest BCUT2D eigenvalue weighted by Crippen LogP contribution is -2.20. The number of rotatable bonds is 7. The molecule has 0 bridgehead atoms. The van der Waals surface area contributed by atoms with Gasteiger partial charge >= 0.3 is 0 Å². The number of pyridine rings is 1. The van der Waals surface area contributed by atoms with Crippen LogP contribution in [0.5, 0.6) is 11.6 Å². The van der Waals surface area contributed by atoms with Crippen LogP contribution >= 0.6 is 0 Å². The molecule has 11 heteroatoms. The Morgan fingerprint density at radius 2 is 2.06 bits per heavy atom. The first-order valence-electron chi connectivity index (χ1n) is 10.8. The number of ether oxygens (including phenoxy) is 3. The van der Waals surface area contributed by atoms with Gasteiger partial charge in [-0.25, -0.2) is 23.7 Å². The molecule has 5 rings (SSSR count). The summed E-state index contributed by atoms with van der Waals surface area (Å²) >= 11 is 0. The summed E-state index contributed by atoms with van der Waals surface area (Å²) in [5.74, 6) is -3.25. The van der Waals surface area contributed by atoms with Crippen LogP contribution in [0.1, 0.15) is 19.3 Å². The van der Waals surface area contributed by atoms with Gasteiger partial charge in [-0.05, 0) is 37.9 Å². The average Bonchev–Trinajstić information content (AvgIpc) is 3.52. The Kier molecular flexibility index (Phi) is 6.14. The predicted octanol–water partition coefficient (Wildman–Crippen LogP) is 3.48. The molecule has 0 spiro atoms. The maximum absolute atomic E-state index is 14.8. The molecule has 174 valence electrons. The highest BCUT2D eigenvalue weighted by atomic mass is 19.2. The van der Waals surface area contributed by atoms with Gasteiger partial charge in [-0.1, -0.05) is 0 Å². The van der Waals surface area contributed by atoms with E-state index in [1.54, 1.807) is 0 Å². The molecule has 0 amide bonds. The minimum Gasteiger partial charge on any atom is -0.488 e. The lowest BCUT2D eigenvalue weighted by molar-refractivity contribution is 0.0663. The zero-order valence-corrected chi connectivity index (χ0v) is 17.6. The molecule has 2 aromatic heterocycles. The van der Waals surface area contributed by atoms with E-state index in [4.69, 9.17) is 14.2 Å². The second-order valence-corrected chi connectivity index (χ2v) is 7.91. The molecule has 0 radical (unpaired) electrons. The first-order valence-corrected chi connectivity index (χ1v) is 10.8. The van der Waals surface area contributed by atoms with Crippen molar-refractivity contribution >= 4 is 22.5 Å². The number of hydrogen-bond donors (Lipinski definition) is 2. The summed E-state index contributed by atoms with van der Waals surface area (Å²) < 4.78 is 60.3. The molecule has 2 fully saturated rings. The molecular weight excluding hydrogens is 439 g/mol. The first kappa shape index (κ1) is 21.7. The molecule has 0 saturated carbocycles. The van der Waals surface area contributed by atoms with Gasteiger partial charge in [0, 0.05) is 19.2 Å². The summed E-state index contributed by atoms with van der Waals surface area (Å²) in [5, 5.41) is 5.85. The van der Waals surface area contributed by atoms with Crippen LogP contribution in [-0.4, -0.2) is 53.5 Å². The van der Waals surface area contributed by atoms with E-state index in [0.29, 0.717) is 13.2 Å². The number of halogens is 3. The lowest BCUT2D eigenvalue weighted by atomic mass is 10.2. The van der Waals surface area contributed by atoms with E-state index in [0.717, 1.165) is 25.8 Å². The van der Waals surface area contributed by atoms with Crippen molar-refractivity contribution < 1.29 is 27.4 Å². The van der Waals surface area contributed by atoms with Gasteiger partial charge < -0.3 is 24.8 Å². The number of fused-ring (bicyclic) bond motifs is 1. The number of benzene rings is 1. The van der Waals surface area contributed by atoms with Gasteiger partial charge in [-0.15, -0.1) is 0 Å². The molecule has 2 aliphatic rings. The maximum Gasteiger partial charge on any atom is 0.251 e. The van der Waals surface area contributed by atoms with Crippen LogP contribution in [-0.2, 0) is 4.74 Å². The molecule has 33 heavy (non-hydrogen) atoms. The van der Waals surface area contributed by atoms with E-state index >= 15 is 0 Å². The molecule has 2 saturated heterocycles. The Bertz CT molecular complexity index is 1150. The summed E-state index contributed by atoms with van der Waals surface area (Å²) in [6.45, 7) is 2.15. The molecular formula is C22H22F3N5O3. The normalized spacial score (nSPS) is 20.3. The minimum atomic E-state index is -1.14. The van der Waals surface area contributed by atoms with Crippen LogP contribution in [0.4, 0.5) is 24.7 Å². The second kappa shape index (κ2) is 9.36. The molecule has 2 atom stereocenters. The third kappa shape index (κ3) is 4.64. The summed E-state index contributed by atoms with van der Waals surface area (Å²) in [4.78, 5) is 12.3. The van der Waals surface area contributed by atoms with Crippen LogP contribution < -0.4 is 20.1 Å². The zero-order valence-electron chi connectivity index (χ0n) is 17.6. The van der Waals surface area contributed by atoms with Crippen molar-refractivity contribution in [1.82, 2.24) is 20.3 Å². The molecule has 3 aromatic rings. The van der Waals surface area contributed by atoms with Crippen molar-refractivity contribution in [3.63, 3.8) is 0 Å². The van der Waals surface area contributed by atoms with Gasteiger partial charge in [0.15, 0.2) is 23.2 Å². The maximum atomic E-state index is 14.8. The zero-order chi connectivity index (χ0) is 22.8. The molecule has 1 aromatic carbocycles. The lowest BCUT2D eigenvalue weighted by Gasteiger charge is -2.15. The third-order valence-corrected chi connectivity index (χ3v) is 5.57. The number of anilines is 2. The topological polar surface area (TPSA) is 90.4 Å². The Hall–Kier alpha value is -3.18. The average molecular weight is 461 g/mol. The summed E-state index contributed by atoms with van der Waals surface area (Å²) in [6, 6.07) is 3.84. The predicted molar refractivity (Wildman–Crippen MR) is 113 cm³/mol. The number of hydrogen-bond acceptors (Lipinski definition) is 8. The summed E-state index contributed by atoms with van der Waals surface area (Å²) in [7, 11) is 0. The number of aromatic nitrogens is 3. The summed E-state index contributed by atoms with van der Waals surface area (Å²) in [5.41, 5.74) is 0.184. The van der Waals surface area contributed by atoms with Crippen molar-refractivity contribution in [3.05, 3.63) is 42.0 Å². The number of nitrogens with one attached hydrogen (secondary N) is 2. The van der Waals surface area contributed by atoms with E-state index in [-0.39, 0.29) is 53.0 Å². The second-order valence-electron chi connectivity index (χ2n) is 7.91. The molecule has 2 aliphatic heterocycles. The smallest absolute Gasteiger partial charge is 0.251 e. The molecule has 2 N–H and O–H groups in total. The first-order chi connectivity index (χ1) is 16.1. The molecule has 0 aliphatic carbocycles. The Morgan fingerprint density at radius 1 is 1.15 bits per heavy atom. The fourth-order valence-corrected chi connectivity index (χ4v) is 3.83. The third-order valence-electron chi connectivity index (χ3n) is 5.57. The molecule has 0 unspecified atom stereocenters. The van der Waals surface area contributed by atoms with Crippen LogP contribution in [0.25, 0.3) is 11.0 Å². The van der Waals surface area contributed by atoms with Gasteiger partial charge in [0.2, 0.25) is 5.82 Å². The largest absolute Gasteiger partial charge is 0.488 e. The highest BCUT2D eigenvalue weighted by molar-refractivity contribution is 5.87. The highest BCUT2D eigenvalue weighted by Gasteiger charge is 2.22. The van der Waals surface area contributed by atoms with Gasteiger partial charge in [0.25, 0.3) is 5.88 Å². The van der Waals surface area contributed by atoms with Crippen molar-refractivity contribution in [2.24, 2.45) is 0 Å². The highest BCUT2D eigenvalue weighted by Crippen LogP contribution is 2.31. The van der Waals surface area contributed by atoms with E-state index < -0.39 is 17.5 Å². The van der Waals surface area contributed by atoms with Crippen LogP contribution in [0, 0.1) is 17.5 Å². The van der Waals surface area contributed by atoms with E-state index in [9.17, 15) is 13.2 Å². The Balaban J connectivity index is 1.39. The SMILES string of the molecule is Fc1cc2ncnc(Nc3ccc(OC[C@@H]4CCCO4)c(F)c3F)c2nc1O[C@H]1CCNC1. The fraction of sp³-hybridized carbons (Fsp3) is 0.409. The standard InChI is InChI=1S/C22H22F3N5O3/c23-14-8-16-20(30-22(14)33-12-5-6-26-9-12)21(28-11-27-16)29-15-3-4-17(19(25)18(15)24)32-10-13-2-1-7-31-13/h3-4,8,11-13,26H,1-2,5-7,9-10H2,(H,27,28,29)/t12-,13-/m0/s1. The van der Waals surface area contributed by atoms with Crippen molar-refractivity contribution in [2.45, 2.75) is 31.5 Å². The quantitative estimate of drug-likeness (QED) is 0.553. The van der Waals surface area contributed by atoms with E-state index in [1.165, 1.54) is 24.5 Å².